The summed E-state index contributed by atoms with van der Waals surface area (Å²) in [6, 6.07) is 17.2. The number of carbonyl (C=O) groups is 1. The monoisotopic (exact) mass is 471 g/mol. The second-order valence-electron chi connectivity index (χ2n) is 8.26. The second-order valence-corrected chi connectivity index (χ2v) is 8.26. The Hall–Kier alpha value is -3.48. The van der Waals surface area contributed by atoms with Crippen molar-refractivity contribution in [3.8, 4) is 16.9 Å². The van der Waals surface area contributed by atoms with Crippen molar-refractivity contribution in [3.05, 3.63) is 83.4 Å². The van der Waals surface area contributed by atoms with Gasteiger partial charge in [0.1, 0.15) is 11.3 Å². The molecule has 0 aliphatic carbocycles. The van der Waals surface area contributed by atoms with Crippen LogP contribution in [0.3, 0.4) is 0 Å². The van der Waals surface area contributed by atoms with E-state index < -0.39 is 17.7 Å². The molecule has 0 unspecified atom stereocenters. The molecule has 0 saturated heterocycles. The number of hydrogen-bond acceptors (Lipinski definition) is 3. The van der Waals surface area contributed by atoms with Crippen molar-refractivity contribution in [1.82, 2.24) is 0 Å². The molecule has 0 bridgehead atoms. The highest BCUT2D eigenvalue weighted by atomic mass is 19.4. The van der Waals surface area contributed by atoms with Crippen LogP contribution in [0.2, 0.25) is 0 Å². The standard InChI is InChI=1S/C27H28F3NO3/c1-2-3-4-5-16-31(23-14-15-25(32)24(17-23)26(33)34)18-19-6-8-20(9-7-19)21-10-12-22(13-11-21)27(28,29)30/h6-15,17,32H,2-5,16,18H2,1H3,(H,33,34). The summed E-state index contributed by atoms with van der Waals surface area (Å²) in [5.74, 6) is -1.46. The van der Waals surface area contributed by atoms with E-state index in [0.29, 0.717) is 17.8 Å². The Labute approximate surface area is 197 Å². The maximum absolute atomic E-state index is 12.8. The molecule has 7 heteroatoms. The lowest BCUT2D eigenvalue weighted by Crippen LogP contribution is -2.24. The first kappa shape index (κ1) is 25.1. The lowest BCUT2D eigenvalue weighted by Gasteiger charge is -2.26. The molecule has 0 fully saturated rings. The van der Waals surface area contributed by atoms with Crippen molar-refractivity contribution in [1.29, 1.82) is 0 Å². The first-order valence-electron chi connectivity index (χ1n) is 11.3. The number of hydrogen-bond donors (Lipinski definition) is 2. The van der Waals surface area contributed by atoms with E-state index >= 15 is 0 Å². The number of carboxylic acids is 1. The Morgan fingerprint density at radius 3 is 2.06 bits per heavy atom. The molecule has 3 aromatic rings. The van der Waals surface area contributed by atoms with Gasteiger partial charge in [0.25, 0.3) is 0 Å². The fourth-order valence-corrected chi connectivity index (χ4v) is 3.80. The summed E-state index contributed by atoms with van der Waals surface area (Å²) in [5, 5.41) is 19.2. The molecular formula is C27H28F3NO3. The third-order valence-electron chi connectivity index (χ3n) is 5.73. The van der Waals surface area contributed by atoms with E-state index in [-0.39, 0.29) is 11.3 Å². The zero-order chi connectivity index (χ0) is 24.7. The van der Waals surface area contributed by atoms with Crippen molar-refractivity contribution >= 4 is 11.7 Å². The smallest absolute Gasteiger partial charge is 0.416 e. The van der Waals surface area contributed by atoms with E-state index in [1.165, 1.54) is 24.3 Å². The van der Waals surface area contributed by atoms with Crippen LogP contribution in [-0.2, 0) is 12.7 Å². The summed E-state index contributed by atoms with van der Waals surface area (Å²) in [5.41, 5.74) is 2.37. The maximum atomic E-state index is 12.8. The molecule has 0 atom stereocenters. The zero-order valence-corrected chi connectivity index (χ0v) is 19.0. The van der Waals surface area contributed by atoms with Gasteiger partial charge in [0.15, 0.2) is 0 Å². The minimum absolute atomic E-state index is 0.145. The highest BCUT2D eigenvalue weighted by Gasteiger charge is 2.29. The van der Waals surface area contributed by atoms with Crippen LogP contribution in [0.5, 0.6) is 5.75 Å². The maximum Gasteiger partial charge on any atom is 0.416 e. The highest BCUT2D eigenvalue weighted by Crippen LogP contribution is 2.31. The lowest BCUT2D eigenvalue weighted by atomic mass is 10.0. The van der Waals surface area contributed by atoms with Gasteiger partial charge in [-0.05, 0) is 53.4 Å². The van der Waals surface area contributed by atoms with Gasteiger partial charge in [0.2, 0.25) is 0 Å². The second kappa shape index (κ2) is 11.1. The minimum Gasteiger partial charge on any atom is -0.507 e. The van der Waals surface area contributed by atoms with Crippen molar-refractivity contribution in [2.24, 2.45) is 0 Å². The van der Waals surface area contributed by atoms with Gasteiger partial charge in [-0.1, -0.05) is 62.6 Å². The fraction of sp³-hybridized carbons (Fsp3) is 0.296. The van der Waals surface area contributed by atoms with Gasteiger partial charge in [0, 0.05) is 18.8 Å². The Morgan fingerprint density at radius 2 is 1.50 bits per heavy atom. The minimum atomic E-state index is -4.36. The number of benzene rings is 3. The number of rotatable bonds is 10. The molecule has 0 spiro atoms. The number of alkyl halides is 3. The topological polar surface area (TPSA) is 60.8 Å². The molecular weight excluding hydrogens is 443 g/mol. The molecule has 0 aromatic heterocycles. The molecule has 0 radical (unpaired) electrons. The van der Waals surface area contributed by atoms with Gasteiger partial charge in [-0.25, -0.2) is 4.79 Å². The van der Waals surface area contributed by atoms with Crippen LogP contribution >= 0.6 is 0 Å². The predicted molar refractivity (Wildman–Crippen MR) is 127 cm³/mol. The van der Waals surface area contributed by atoms with Crippen LogP contribution < -0.4 is 4.90 Å². The molecule has 4 nitrogen and oxygen atoms in total. The molecule has 0 heterocycles. The molecule has 0 aliphatic rings. The van der Waals surface area contributed by atoms with Crippen LogP contribution in [0.15, 0.2) is 66.7 Å². The van der Waals surface area contributed by atoms with E-state index in [9.17, 15) is 28.2 Å². The molecule has 0 aliphatic heterocycles. The van der Waals surface area contributed by atoms with E-state index in [1.807, 2.05) is 24.3 Å². The van der Waals surface area contributed by atoms with Crippen molar-refractivity contribution in [3.63, 3.8) is 0 Å². The highest BCUT2D eigenvalue weighted by molar-refractivity contribution is 5.92. The van der Waals surface area contributed by atoms with E-state index in [0.717, 1.165) is 55.5 Å². The van der Waals surface area contributed by atoms with Gasteiger partial charge >= 0.3 is 12.1 Å². The van der Waals surface area contributed by atoms with E-state index in [4.69, 9.17) is 0 Å². The number of anilines is 1. The number of aromatic hydroxyl groups is 1. The molecule has 0 amide bonds. The Bertz CT molecular complexity index is 1090. The van der Waals surface area contributed by atoms with Gasteiger partial charge in [-0.3, -0.25) is 0 Å². The van der Waals surface area contributed by atoms with Crippen LogP contribution in [0.1, 0.15) is 54.1 Å². The number of halogens is 3. The first-order chi connectivity index (χ1) is 16.2. The van der Waals surface area contributed by atoms with E-state index in [1.54, 1.807) is 6.07 Å². The summed E-state index contributed by atoms with van der Waals surface area (Å²) in [6.07, 6.45) is -0.137. The number of nitrogens with zero attached hydrogens (tertiary/aromatic N) is 1. The third kappa shape index (κ3) is 6.53. The van der Waals surface area contributed by atoms with Crippen molar-refractivity contribution in [2.45, 2.75) is 45.3 Å². The molecule has 180 valence electrons. The molecule has 34 heavy (non-hydrogen) atoms. The SMILES string of the molecule is CCCCCCN(Cc1ccc(-c2ccc(C(F)(F)F)cc2)cc1)c1ccc(O)c(C(=O)O)c1. The lowest BCUT2D eigenvalue weighted by molar-refractivity contribution is -0.137. The van der Waals surface area contributed by atoms with Gasteiger partial charge < -0.3 is 15.1 Å². The molecule has 3 aromatic carbocycles. The number of unbranched alkanes of at least 4 members (excludes halogenated alkanes) is 3. The Morgan fingerprint density at radius 1 is 0.882 bits per heavy atom. The van der Waals surface area contributed by atoms with Gasteiger partial charge in [0.05, 0.1) is 5.56 Å². The number of aromatic carboxylic acids is 1. The normalized spacial score (nSPS) is 11.4. The van der Waals surface area contributed by atoms with Crippen LogP contribution in [-0.4, -0.2) is 22.7 Å². The average molecular weight is 472 g/mol. The van der Waals surface area contributed by atoms with Crippen molar-refractivity contribution < 1.29 is 28.2 Å². The summed E-state index contributed by atoms with van der Waals surface area (Å²) in [4.78, 5) is 13.5. The van der Waals surface area contributed by atoms with E-state index in [2.05, 4.69) is 11.8 Å². The summed E-state index contributed by atoms with van der Waals surface area (Å²) < 4.78 is 38.4. The predicted octanol–water partition coefficient (Wildman–Crippen LogP) is 7.36. The largest absolute Gasteiger partial charge is 0.507 e. The first-order valence-corrected chi connectivity index (χ1v) is 11.3. The fourth-order valence-electron chi connectivity index (χ4n) is 3.80. The Kier molecular flexibility index (Phi) is 8.21. The third-order valence-corrected chi connectivity index (χ3v) is 5.73. The summed E-state index contributed by atoms with van der Waals surface area (Å²) in [7, 11) is 0. The summed E-state index contributed by atoms with van der Waals surface area (Å²) in [6.45, 7) is 3.39. The Balaban J connectivity index is 1.79. The molecule has 0 saturated carbocycles. The van der Waals surface area contributed by atoms with Crippen molar-refractivity contribution in [2.75, 3.05) is 11.4 Å². The zero-order valence-electron chi connectivity index (χ0n) is 19.0. The number of phenols is 1. The number of carboxylic acid groups (broad SMARTS) is 1. The summed E-state index contributed by atoms with van der Waals surface area (Å²) >= 11 is 0. The molecule has 2 N–H and O–H groups in total. The van der Waals surface area contributed by atoms with Gasteiger partial charge in [-0.15, -0.1) is 0 Å². The van der Waals surface area contributed by atoms with Crippen LogP contribution in [0.4, 0.5) is 18.9 Å². The average Bonchev–Trinajstić information content (AvgIpc) is 2.81. The van der Waals surface area contributed by atoms with Gasteiger partial charge in [-0.2, -0.15) is 13.2 Å². The van der Waals surface area contributed by atoms with Crippen LogP contribution in [0.25, 0.3) is 11.1 Å². The quantitative estimate of drug-likeness (QED) is 0.303. The van der Waals surface area contributed by atoms with Crippen LogP contribution in [0, 0.1) is 0 Å². The molecule has 3 rings (SSSR count).